The summed E-state index contributed by atoms with van der Waals surface area (Å²) in [6, 6.07) is 28.5. The summed E-state index contributed by atoms with van der Waals surface area (Å²) in [7, 11) is 0. The van der Waals surface area contributed by atoms with Gasteiger partial charge in [0, 0.05) is 22.3 Å². The summed E-state index contributed by atoms with van der Waals surface area (Å²) in [6.45, 7) is 12.6. The maximum atomic E-state index is 11.5. The number of hydrogen-bond acceptors (Lipinski definition) is 2. The summed E-state index contributed by atoms with van der Waals surface area (Å²) in [5.74, 6) is 0.431. The average Bonchev–Trinajstić information content (AvgIpc) is 2.79. The first-order valence-electron chi connectivity index (χ1n) is 11.8. The molecule has 4 rings (SSSR count). The lowest BCUT2D eigenvalue weighted by Crippen LogP contribution is -2.13. The van der Waals surface area contributed by atoms with Gasteiger partial charge in [0.25, 0.3) is 0 Å². The molecule has 2 heteroatoms. The number of hydrogen-bond donors (Lipinski definition) is 2. The molecule has 0 radical (unpaired) electrons. The van der Waals surface area contributed by atoms with E-state index in [1.165, 1.54) is 0 Å². The first-order chi connectivity index (χ1) is 16.0. The summed E-state index contributed by atoms with van der Waals surface area (Å²) in [6.07, 6.45) is 0. The molecule has 0 aromatic heterocycles. The smallest absolute Gasteiger partial charge is 0.127 e. The summed E-state index contributed by atoms with van der Waals surface area (Å²) in [4.78, 5) is 0. The van der Waals surface area contributed by atoms with Crippen LogP contribution < -0.4 is 0 Å². The van der Waals surface area contributed by atoms with Gasteiger partial charge in [-0.2, -0.15) is 0 Å². The molecule has 0 heterocycles. The van der Waals surface area contributed by atoms with Crippen LogP contribution in [0.15, 0.2) is 84.9 Å². The molecule has 2 nitrogen and oxygen atoms in total. The van der Waals surface area contributed by atoms with Gasteiger partial charge in [0.05, 0.1) is 0 Å². The molecule has 4 aromatic carbocycles. The molecule has 2 N–H and O–H groups in total. The van der Waals surface area contributed by atoms with Gasteiger partial charge < -0.3 is 10.2 Å². The Kier molecular flexibility index (Phi) is 6.03. The molecule has 0 atom stereocenters. The lowest BCUT2D eigenvalue weighted by Gasteiger charge is -2.26. The Morgan fingerprint density at radius 2 is 0.765 bits per heavy atom. The summed E-state index contributed by atoms with van der Waals surface area (Å²) in [5.41, 5.74) is 6.62. The van der Waals surface area contributed by atoms with Crippen molar-refractivity contribution in [1.29, 1.82) is 0 Å². The molecular weight excluding hydrogens is 416 g/mol. The standard InChI is InChI=1S/C32H34O2/c1-31(2,3)27-19-23(21-13-9-7-10-14-21)17-25(29(27)33)26-18-24(22-15-11-8-12-16-22)20-28(30(26)34)32(4,5)6/h7-20,33-34H,1-6H3. The largest absolute Gasteiger partial charge is 0.507 e. The summed E-state index contributed by atoms with van der Waals surface area (Å²) < 4.78 is 0. The van der Waals surface area contributed by atoms with Crippen molar-refractivity contribution in [3.8, 4) is 44.9 Å². The first-order valence-corrected chi connectivity index (χ1v) is 11.8. The normalized spacial score (nSPS) is 12.1. The third-order valence-electron chi connectivity index (χ3n) is 6.34. The SMILES string of the molecule is CC(C)(C)c1cc(-c2ccccc2)cc(-c2cc(-c3ccccc3)cc(C(C)(C)C)c2O)c1O. The van der Waals surface area contributed by atoms with Crippen LogP contribution in [-0.4, -0.2) is 10.2 Å². The molecule has 0 aliphatic heterocycles. The van der Waals surface area contributed by atoms with Gasteiger partial charge in [0.1, 0.15) is 11.5 Å². The zero-order chi connectivity index (χ0) is 24.7. The van der Waals surface area contributed by atoms with E-state index in [1.807, 2.05) is 48.5 Å². The highest BCUT2D eigenvalue weighted by molar-refractivity contribution is 5.86. The molecule has 0 saturated carbocycles. The van der Waals surface area contributed by atoms with Crippen LogP contribution in [0.2, 0.25) is 0 Å². The van der Waals surface area contributed by atoms with Gasteiger partial charge >= 0.3 is 0 Å². The fourth-order valence-corrected chi connectivity index (χ4v) is 4.42. The van der Waals surface area contributed by atoms with E-state index >= 15 is 0 Å². The van der Waals surface area contributed by atoms with Crippen LogP contribution in [0, 0.1) is 0 Å². The van der Waals surface area contributed by atoms with Gasteiger partial charge in [-0.15, -0.1) is 0 Å². The van der Waals surface area contributed by atoms with E-state index in [4.69, 9.17) is 0 Å². The lowest BCUT2D eigenvalue weighted by molar-refractivity contribution is 0.441. The van der Waals surface area contributed by atoms with E-state index < -0.39 is 0 Å². The van der Waals surface area contributed by atoms with E-state index in [9.17, 15) is 10.2 Å². The van der Waals surface area contributed by atoms with Crippen molar-refractivity contribution in [1.82, 2.24) is 0 Å². The van der Waals surface area contributed by atoms with Gasteiger partial charge in [-0.1, -0.05) is 102 Å². The average molecular weight is 451 g/mol. The minimum absolute atomic E-state index is 0.215. The van der Waals surface area contributed by atoms with Gasteiger partial charge in [-0.25, -0.2) is 0 Å². The highest BCUT2D eigenvalue weighted by atomic mass is 16.3. The van der Waals surface area contributed by atoms with Crippen molar-refractivity contribution in [2.45, 2.75) is 52.4 Å². The minimum atomic E-state index is -0.275. The molecule has 174 valence electrons. The summed E-state index contributed by atoms with van der Waals surface area (Å²) in [5, 5.41) is 23.0. The topological polar surface area (TPSA) is 40.5 Å². The lowest BCUT2D eigenvalue weighted by atomic mass is 9.79. The third-order valence-corrected chi connectivity index (χ3v) is 6.34. The van der Waals surface area contributed by atoms with Crippen LogP contribution in [0.3, 0.4) is 0 Å². The zero-order valence-electron chi connectivity index (χ0n) is 21.0. The van der Waals surface area contributed by atoms with Gasteiger partial charge in [0.2, 0.25) is 0 Å². The molecule has 34 heavy (non-hydrogen) atoms. The fraction of sp³-hybridized carbons (Fsp3) is 0.250. The molecule has 0 bridgehead atoms. The van der Waals surface area contributed by atoms with Crippen LogP contribution in [0.5, 0.6) is 11.5 Å². The van der Waals surface area contributed by atoms with Gasteiger partial charge in [0.15, 0.2) is 0 Å². The Morgan fingerprint density at radius 3 is 1.06 bits per heavy atom. The van der Waals surface area contributed by atoms with Crippen LogP contribution >= 0.6 is 0 Å². The van der Waals surface area contributed by atoms with E-state index in [0.29, 0.717) is 11.1 Å². The zero-order valence-corrected chi connectivity index (χ0v) is 21.0. The summed E-state index contributed by atoms with van der Waals surface area (Å²) >= 11 is 0. The monoisotopic (exact) mass is 450 g/mol. The number of benzene rings is 4. The quantitative estimate of drug-likeness (QED) is 0.328. The molecule has 0 aliphatic carbocycles. The number of rotatable bonds is 3. The molecule has 0 unspecified atom stereocenters. The number of phenolic OH excluding ortho intramolecular Hbond substituents is 2. The van der Waals surface area contributed by atoms with Crippen molar-refractivity contribution in [3.05, 3.63) is 96.1 Å². The Labute approximate surface area is 203 Å². The fourth-order valence-electron chi connectivity index (χ4n) is 4.42. The predicted octanol–water partition coefficient (Wildman–Crippen LogP) is 8.69. The molecule has 0 aliphatic rings. The second-order valence-electron chi connectivity index (χ2n) is 11.1. The highest BCUT2D eigenvalue weighted by Gasteiger charge is 2.27. The predicted molar refractivity (Wildman–Crippen MR) is 143 cm³/mol. The van der Waals surface area contributed by atoms with Crippen molar-refractivity contribution in [2.24, 2.45) is 0 Å². The molecular formula is C32H34O2. The number of aromatic hydroxyl groups is 2. The molecule has 0 amide bonds. The Bertz CT molecular complexity index is 1200. The van der Waals surface area contributed by atoms with Crippen molar-refractivity contribution < 1.29 is 10.2 Å². The van der Waals surface area contributed by atoms with E-state index in [0.717, 1.165) is 33.4 Å². The molecule has 4 aromatic rings. The minimum Gasteiger partial charge on any atom is -0.507 e. The van der Waals surface area contributed by atoms with Crippen molar-refractivity contribution >= 4 is 0 Å². The first kappa shape index (κ1) is 23.6. The van der Waals surface area contributed by atoms with Gasteiger partial charge in [-0.05, 0) is 57.3 Å². The highest BCUT2D eigenvalue weighted by Crippen LogP contribution is 2.48. The molecule has 0 spiro atoms. The molecule has 0 saturated heterocycles. The van der Waals surface area contributed by atoms with Crippen LogP contribution in [0.4, 0.5) is 0 Å². The van der Waals surface area contributed by atoms with Gasteiger partial charge in [-0.3, -0.25) is 0 Å². The van der Waals surface area contributed by atoms with Crippen LogP contribution in [-0.2, 0) is 10.8 Å². The Balaban J connectivity index is 2.07. The van der Waals surface area contributed by atoms with Crippen LogP contribution in [0.1, 0.15) is 52.7 Å². The van der Waals surface area contributed by atoms with E-state index in [1.54, 1.807) is 0 Å². The van der Waals surface area contributed by atoms with E-state index in [2.05, 4.69) is 77.9 Å². The second-order valence-corrected chi connectivity index (χ2v) is 11.1. The van der Waals surface area contributed by atoms with Crippen LogP contribution in [0.25, 0.3) is 33.4 Å². The third kappa shape index (κ3) is 4.59. The maximum Gasteiger partial charge on any atom is 0.127 e. The van der Waals surface area contributed by atoms with Crippen molar-refractivity contribution in [2.75, 3.05) is 0 Å². The maximum absolute atomic E-state index is 11.5. The molecule has 0 fully saturated rings. The Hall–Kier alpha value is -3.52. The Morgan fingerprint density at radius 1 is 0.441 bits per heavy atom. The second kappa shape index (κ2) is 8.68. The van der Waals surface area contributed by atoms with E-state index in [-0.39, 0.29) is 22.3 Å². The number of phenols is 2. The van der Waals surface area contributed by atoms with Crippen molar-refractivity contribution in [3.63, 3.8) is 0 Å².